The number of nitrogens with zero attached hydrogens (tertiary/aromatic N) is 6. The van der Waals surface area contributed by atoms with E-state index < -0.39 is 0 Å². The second-order valence-corrected chi connectivity index (χ2v) is 7.14. The summed E-state index contributed by atoms with van der Waals surface area (Å²) in [5, 5.41) is 14.0. The van der Waals surface area contributed by atoms with E-state index >= 15 is 0 Å². The summed E-state index contributed by atoms with van der Waals surface area (Å²) in [6.07, 6.45) is 3.88. The Hall–Kier alpha value is -3.13. The quantitative estimate of drug-likeness (QED) is 0.460. The number of anilines is 1. The van der Waals surface area contributed by atoms with Crippen molar-refractivity contribution in [3.63, 3.8) is 0 Å². The zero-order valence-electron chi connectivity index (χ0n) is 17.7. The Bertz CT molecular complexity index is 1130. The van der Waals surface area contributed by atoms with E-state index in [2.05, 4.69) is 46.4 Å². The molecule has 4 aromatic rings. The molecule has 4 rings (SSSR count). The van der Waals surface area contributed by atoms with Gasteiger partial charge in [0.2, 0.25) is 0 Å². The van der Waals surface area contributed by atoms with Gasteiger partial charge in [-0.3, -0.25) is 4.68 Å². The van der Waals surface area contributed by atoms with Crippen molar-refractivity contribution in [2.75, 3.05) is 18.0 Å². The fraction of sp³-hybridized carbons (Fsp3) is 0.318. The third-order valence-electron chi connectivity index (χ3n) is 5.35. The van der Waals surface area contributed by atoms with Gasteiger partial charge in [0.1, 0.15) is 11.6 Å². The van der Waals surface area contributed by atoms with Crippen molar-refractivity contribution < 1.29 is 5.02 Å². The van der Waals surface area contributed by atoms with Crippen LogP contribution in [0.5, 0.6) is 0 Å². The Morgan fingerprint density at radius 2 is 1.90 bits per heavy atom. The number of aromatic nitrogens is 5. The van der Waals surface area contributed by atoms with Crippen molar-refractivity contribution in [2.24, 2.45) is 0 Å². The summed E-state index contributed by atoms with van der Waals surface area (Å²) in [5.74, 6) is 1.80. The summed E-state index contributed by atoms with van der Waals surface area (Å²) < 4.78 is 4.08. The fourth-order valence-corrected chi connectivity index (χ4v) is 3.69. The molecule has 0 aliphatic heterocycles. The molecule has 0 atom stereocenters. The molecule has 0 aliphatic rings. The molecule has 0 aliphatic carbocycles. The van der Waals surface area contributed by atoms with E-state index in [0.29, 0.717) is 6.54 Å². The first kappa shape index (κ1) is 20.2. The Morgan fingerprint density at radius 3 is 2.53 bits per heavy atom. The summed E-state index contributed by atoms with van der Waals surface area (Å²) >= 11 is 0. The van der Waals surface area contributed by atoms with Crippen LogP contribution < -0.4 is 10.4 Å². The van der Waals surface area contributed by atoms with Crippen LogP contribution in [0.25, 0.3) is 22.4 Å². The second kappa shape index (κ2) is 8.71. The highest BCUT2D eigenvalue weighted by atomic mass is 16.2. The molecular weight excluding hydrogens is 375 g/mol. The predicted octanol–water partition coefficient (Wildman–Crippen LogP) is 2.45. The molecule has 153 valence electrons. The third-order valence-corrected chi connectivity index (χ3v) is 5.35. The first-order chi connectivity index (χ1) is 14.7. The minimum absolute atomic E-state index is 0.610. The lowest BCUT2D eigenvalue weighted by Crippen LogP contribution is -2.22. The number of rotatable bonds is 8. The monoisotopic (exact) mass is 401 g/mol. The highest BCUT2D eigenvalue weighted by Crippen LogP contribution is 2.26. The van der Waals surface area contributed by atoms with E-state index in [1.807, 2.05) is 47.4 Å². The molecule has 0 bridgehead atoms. The van der Waals surface area contributed by atoms with Crippen molar-refractivity contribution in [3.8, 4) is 11.4 Å². The first-order valence-electron chi connectivity index (χ1n) is 10.4. The minimum Gasteiger partial charge on any atom is -0.450 e. The average Bonchev–Trinajstić information content (AvgIpc) is 3.39. The molecule has 8 heteroatoms. The topological polar surface area (TPSA) is 72.0 Å². The van der Waals surface area contributed by atoms with E-state index in [9.17, 15) is 5.02 Å². The summed E-state index contributed by atoms with van der Waals surface area (Å²) in [7, 11) is 1.10. The van der Waals surface area contributed by atoms with E-state index in [0.717, 1.165) is 66.5 Å². The van der Waals surface area contributed by atoms with Gasteiger partial charge in [0.15, 0.2) is 0 Å². The van der Waals surface area contributed by atoms with Gasteiger partial charge in [0, 0.05) is 37.6 Å². The maximum atomic E-state index is 9.40. The number of imidazole rings is 1. The Labute approximate surface area is 177 Å². The van der Waals surface area contributed by atoms with Gasteiger partial charge in [0.25, 0.3) is 0 Å². The van der Waals surface area contributed by atoms with Crippen LogP contribution in [0.1, 0.15) is 26.5 Å². The highest BCUT2D eigenvalue weighted by molar-refractivity contribution is 6.45. The molecule has 0 unspecified atom stereocenters. The van der Waals surface area contributed by atoms with Crippen molar-refractivity contribution in [3.05, 3.63) is 54.5 Å². The lowest BCUT2D eigenvalue weighted by atomic mass is 9.89. The Morgan fingerprint density at radius 1 is 1.07 bits per heavy atom. The van der Waals surface area contributed by atoms with Gasteiger partial charge in [-0.05, 0) is 51.1 Å². The lowest BCUT2D eigenvalue weighted by molar-refractivity contribution is 0.615. The van der Waals surface area contributed by atoms with Crippen LogP contribution >= 0.6 is 0 Å². The maximum Gasteiger partial charge on any atom is 0.326 e. The first-order valence-corrected chi connectivity index (χ1v) is 10.4. The molecule has 0 fully saturated rings. The molecule has 1 N–H and O–H groups in total. The zero-order valence-corrected chi connectivity index (χ0v) is 17.7. The summed E-state index contributed by atoms with van der Waals surface area (Å²) in [4.78, 5) is 11.8. The number of pyridine rings is 1. The van der Waals surface area contributed by atoms with E-state index in [1.165, 1.54) is 0 Å². The summed E-state index contributed by atoms with van der Waals surface area (Å²) in [6.45, 7) is 9.62. The van der Waals surface area contributed by atoms with E-state index in [-0.39, 0.29) is 0 Å². The Balaban J connectivity index is 1.79. The smallest absolute Gasteiger partial charge is 0.326 e. The molecule has 0 amide bonds. The molecule has 1 radical (unpaired) electrons. The largest absolute Gasteiger partial charge is 0.450 e. The SMILES string of the molecule is CCN(CC)c1ccc(-c2nc3cc([B]O)ccc3n2Cc2ccn(CC)n2)cn1. The van der Waals surface area contributed by atoms with Gasteiger partial charge < -0.3 is 14.5 Å². The summed E-state index contributed by atoms with van der Waals surface area (Å²) in [5.41, 5.74) is 4.48. The third kappa shape index (κ3) is 3.83. The minimum atomic E-state index is 0.610. The number of fused-ring (bicyclic) bond motifs is 1. The summed E-state index contributed by atoms with van der Waals surface area (Å²) in [6, 6.07) is 11.9. The van der Waals surface area contributed by atoms with Gasteiger partial charge >= 0.3 is 7.48 Å². The molecular formula is C22H26BN6O. The Kier molecular flexibility index (Phi) is 5.85. The number of benzene rings is 1. The molecule has 0 spiro atoms. The van der Waals surface area contributed by atoms with Crippen LogP contribution in [-0.4, -0.2) is 49.9 Å². The van der Waals surface area contributed by atoms with Gasteiger partial charge in [-0.1, -0.05) is 11.5 Å². The van der Waals surface area contributed by atoms with Crippen LogP contribution in [0.15, 0.2) is 48.8 Å². The maximum absolute atomic E-state index is 9.40. The van der Waals surface area contributed by atoms with Gasteiger partial charge in [-0.2, -0.15) is 5.10 Å². The van der Waals surface area contributed by atoms with Crippen molar-refractivity contribution in [2.45, 2.75) is 33.9 Å². The van der Waals surface area contributed by atoms with Crippen molar-refractivity contribution >= 4 is 29.8 Å². The van der Waals surface area contributed by atoms with Crippen LogP contribution in [-0.2, 0) is 13.1 Å². The van der Waals surface area contributed by atoms with Crippen LogP contribution in [0.2, 0.25) is 0 Å². The molecule has 0 saturated heterocycles. The standard InChI is InChI=1S/C22H26BN6O/c1-4-27(5-2)21-10-7-16(14-24-21)22-25-19-13-17(23-30)8-9-20(19)29(22)15-18-11-12-28(6-3)26-18/h7-14,30H,4-6,15H2,1-3H3. The van der Waals surface area contributed by atoms with Gasteiger partial charge in [-0.15, -0.1) is 0 Å². The van der Waals surface area contributed by atoms with Crippen LogP contribution in [0.4, 0.5) is 5.82 Å². The second-order valence-electron chi connectivity index (χ2n) is 7.14. The van der Waals surface area contributed by atoms with Crippen LogP contribution in [0, 0.1) is 0 Å². The molecule has 3 aromatic heterocycles. The highest BCUT2D eigenvalue weighted by Gasteiger charge is 2.16. The lowest BCUT2D eigenvalue weighted by Gasteiger charge is -2.19. The van der Waals surface area contributed by atoms with Crippen molar-refractivity contribution in [1.29, 1.82) is 0 Å². The fourth-order valence-electron chi connectivity index (χ4n) is 3.69. The zero-order chi connectivity index (χ0) is 21.1. The van der Waals surface area contributed by atoms with E-state index in [1.54, 1.807) is 0 Å². The van der Waals surface area contributed by atoms with Gasteiger partial charge in [-0.25, -0.2) is 9.97 Å². The molecule has 3 heterocycles. The number of hydrogen-bond donors (Lipinski definition) is 1. The number of aryl methyl sites for hydroxylation is 1. The van der Waals surface area contributed by atoms with Gasteiger partial charge in [0.05, 0.1) is 23.3 Å². The van der Waals surface area contributed by atoms with E-state index in [4.69, 9.17) is 4.98 Å². The molecule has 7 nitrogen and oxygen atoms in total. The average molecular weight is 401 g/mol. The molecule has 1 aromatic carbocycles. The van der Waals surface area contributed by atoms with Crippen molar-refractivity contribution in [1.82, 2.24) is 24.3 Å². The number of hydrogen-bond acceptors (Lipinski definition) is 5. The van der Waals surface area contributed by atoms with Crippen LogP contribution in [0.3, 0.4) is 0 Å². The normalized spacial score (nSPS) is 11.2. The predicted molar refractivity (Wildman–Crippen MR) is 121 cm³/mol. The molecule has 0 saturated carbocycles. The molecule has 30 heavy (non-hydrogen) atoms.